The molecule has 0 amide bonds. The van der Waals surface area contributed by atoms with Crippen LogP contribution in [0.4, 0.5) is 0 Å². The Morgan fingerprint density at radius 3 is 2.53 bits per heavy atom. The lowest BCUT2D eigenvalue weighted by molar-refractivity contribution is 1.07. The standard InChI is InChI=1S/C16H13ClN2/c1-11-6-5-9-13-15(11)19-16(17)14(18-13)10-12-7-3-2-4-8-12/h2-9H,10H2,1H3. The molecule has 94 valence electrons. The Bertz CT molecular complexity index is 723. The third-order valence-electron chi connectivity index (χ3n) is 3.13. The van der Waals surface area contributed by atoms with E-state index in [1.54, 1.807) is 0 Å². The molecule has 0 atom stereocenters. The van der Waals surface area contributed by atoms with E-state index in [0.29, 0.717) is 11.6 Å². The lowest BCUT2D eigenvalue weighted by atomic mass is 10.1. The van der Waals surface area contributed by atoms with Crippen molar-refractivity contribution in [3.05, 3.63) is 70.5 Å². The molecule has 1 aromatic heterocycles. The molecular weight excluding hydrogens is 256 g/mol. The number of hydrogen-bond donors (Lipinski definition) is 0. The fraction of sp³-hybridized carbons (Fsp3) is 0.125. The van der Waals surface area contributed by atoms with Crippen molar-refractivity contribution < 1.29 is 0 Å². The van der Waals surface area contributed by atoms with E-state index in [1.807, 2.05) is 43.3 Å². The van der Waals surface area contributed by atoms with Crippen LogP contribution in [0.2, 0.25) is 5.15 Å². The molecule has 0 saturated heterocycles. The summed E-state index contributed by atoms with van der Waals surface area (Å²) in [5, 5.41) is 0.491. The minimum absolute atomic E-state index is 0.491. The molecule has 3 aromatic rings. The largest absolute Gasteiger partial charge is 0.248 e. The number of benzene rings is 2. The summed E-state index contributed by atoms with van der Waals surface area (Å²) in [5.74, 6) is 0. The zero-order valence-electron chi connectivity index (χ0n) is 10.6. The Morgan fingerprint density at radius 2 is 1.74 bits per heavy atom. The van der Waals surface area contributed by atoms with Crippen molar-refractivity contribution in [2.75, 3.05) is 0 Å². The Hall–Kier alpha value is -1.93. The Labute approximate surface area is 117 Å². The van der Waals surface area contributed by atoms with E-state index in [9.17, 15) is 0 Å². The molecule has 0 aliphatic rings. The van der Waals surface area contributed by atoms with E-state index in [0.717, 1.165) is 22.3 Å². The van der Waals surface area contributed by atoms with Crippen molar-refractivity contribution in [1.82, 2.24) is 9.97 Å². The highest BCUT2D eigenvalue weighted by Gasteiger charge is 2.08. The Balaban J connectivity index is 2.07. The minimum atomic E-state index is 0.491. The van der Waals surface area contributed by atoms with E-state index in [1.165, 1.54) is 5.56 Å². The monoisotopic (exact) mass is 268 g/mol. The molecule has 0 spiro atoms. The molecule has 0 N–H and O–H groups in total. The number of rotatable bonds is 2. The van der Waals surface area contributed by atoms with Crippen molar-refractivity contribution in [2.24, 2.45) is 0 Å². The average Bonchev–Trinajstić information content (AvgIpc) is 2.42. The van der Waals surface area contributed by atoms with E-state index >= 15 is 0 Å². The topological polar surface area (TPSA) is 25.8 Å². The van der Waals surface area contributed by atoms with Gasteiger partial charge in [-0.3, -0.25) is 0 Å². The summed E-state index contributed by atoms with van der Waals surface area (Å²) in [6.07, 6.45) is 0.705. The van der Waals surface area contributed by atoms with Crippen LogP contribution in [0.5, 0.6) is 0 Å². The second-order valence-electron chi connectivity index (χ2n) is 4.57. The summed E-state index contributed by atoms with van der Waals surface area (Å²) < 4.78 is 0. The number of halogens is 1. The minimum Gasteiger partial charge on any atom is -0.248 e. The molecule has 3 rings (SSSR count). The quantitative estimate of drug-likeness (QED) is 0.697. The fourth-order valence-corrected chi connectivity index (χ4v) is 2.33. The van der Waals surface area contributed by atoms with Crippen LogP contribution in [0, 0.1) is 6.92 Å². The molecule has 0 bridgehead atoms. The van der Waals surface area contributed by atoms with E-state index in [4.69, 9.17) is 11.6 Å². The van der Waals surface area contributed by atoms with Gasteiger partial charge in [-0.15, -0.1) is 0 Å². The highest BCUT2D eigenvalue weighted by molar-refractivity contribution is 6.30. The first-order chi connectivity index (χ1) is 9.24. The average molecular weight is 269 g/mol. The summed E-state index contributed by atoms with van der Waals surface area (Å²) in [4.78, 5) is 9.11. The van der Waals surface area contributed by atoms with Crippen LogP contribution in [-0.2, 0) is 6.42 Å². The van der Waals surface area contributed by atoms with Crippen LogP contribution in [0.25, 0.3) is 11.0 Å². The smallest absolute Gasteiger partial charge is 0.151 e. The summed E-state index contributed by atoms with van der Waals surface area (Å²) in [5.41, 5.74) is 4.88. The van der Waals surface area contributed by atoms with Crippen molar-refractivity contribution in [3.8, 4) is 0 Å². The predicted octanol–water partition coefficient (Wildman–Crippen LogP) is 4.18. The predicted molar refractivity (Wildman–Crippen MR) is 78.5 cm³/mol. The van der Waals surface area contributed by atoms with Crippen molar-refractivity contribution >= 4 is 22.6 Å². The van der Waals surface area contributed by atoms with Crippen LogP contribution in [-0.4, -0.2) is 9.97 Å². The lowest BCUT2D eigenvalue weighted by Crippen LogP contribution is -1.98. The first kappa shape index (κ1) is 12.1. The second-order valence-corrected chi connectivity index (χ2v) is 4.92. The maximum Gasteiger partial charge on any atom is 0.151 e. The van der Waals surface area contributed by atoms with Gasteiger partial charge in [0.2, 0.25) is 0 Å². The van der Waals surface area contributed by atoms with Crippen LogP contribution in [0.1, 0.15) is 16.8 Å². The normalized spacial score (nSPS) is 10.8. The summed E-state index contributed by atoms with van der Waals surface area (Å²) in [7, 11) is 0. The lowest BCUT2D eigenvalue weighted by Gasteiger charge is -2.07. The van der Waals surface area contributed by atoms with Gasteiger partial charge in [0.15, 0.2) is 5.15 Å². The zero-order valence-corrected chi connectivity index (χ0v) is 11.4. The van der Waals surface area contributed by atoms with Crippen LogP contribution in [0.15, 0.2) is 48.5 Å². The summed E-state index contributed by atoms with van der Waals surface area (Å²) in [6.45, 7) is 2.02. The van der Waals surface area contributed by atoms with Gasteiger partial charge in [0.1, 0.15) is 0 Å². The molecule has 3 heteroatoms. The molecular formula is C16H13ClN2. The van der Waals surface area contributed by atoms with Gasteiger partial charge in [-0.1, -0.05) is 54.1 Å². The Kier molecular flexibility index (Phi) is 3.18. The van der Waals surface area contributed by atoms with Gasteiger partial charge >= 0.3 is 0 Å². The van der Waals surface area contributed by atoms with Gasteiger partial charge in [0.05, 0.1) is 16.7 Å². The zero-order chi connectivity index (χ0) is 13.2. The van der Waals surface area contributed by atoms with Crippen molar-refractivity contribution in [3.63, 3.8) is 0 Å². The molecule has 2 aromatic carbocycles. The van der Waals surface area contributed by atoms with Crippen LogP contribution < -0.4 is 0 Å². The molecule has 0 aliphatic carbocycles. The number of fused-ring (bicyclic) bond motifs is 1. The van der Waals surface area contributed by atoms with Gasteiger partial charge < -0.3 is 0 Å². The first-order valence-corrected chi connectivity index (χ1v) is 6.57. The second kappa shape index (κ2) is 4.98. The molecule has 0 aliphatic heterocycles. The molecule has 0 unspecified atom stereocenters. The maximum absolute atomic E-state index is 6.25. The maximum atomic E-state index is 6.25. The first-order valence-electron chi connectivity index (χ1n) is 6.20. The van der Waals surface area contributed by atoms with Gasteiger partial charge in [-0.2, -0.15) is 0 Å². The van der Waals surface area contributed by atoms with Crippen LogP contribution >= 0.6 is 11.6 Å². The molecule has 2 nitrogen and oxygen atoms in total. The molecule has 1 heterocycles. The number of nitrogens with zero attached hydrogens (tertiary/aromatic N) is 2. The number of para-hydroxylation sites is 1. The van der Waals surface area contributed by atoms with Crippen LogP contribution in [0.3, 0.4) is 0 Å². The van der Waals surface area contributed by atoms with Gasteiger partial charge in [0.25, 0.3) is 0 Å². The SMILES string of the molecule is Cc1cccc2nc(Cc3ccccc3)c(Cl)nc12. The van der Waals surface area contributed by atoms with Crippen molar-refractivity contribution in [2.45, 2.75) is 13.3 Å². The third-order valence-corrected chi connectivity index (χ3v) is 3.44. The molecule has 0 saturated carbocycles. The molecule has 0 fully saturated rings. The number of hydrogen-bond acceptors (Lipinski definition) is 2. The van der Waals surface area contributed by atoms with E-state index < -0.39 is 0 Å². The highest BCUT2D eigenvalue weighted by atomic mass is 35.5. The van der Waals surface area contributed by atoms with Gasteiger partial charge in [-0.05, 0) is 24.1 Å². The number of aromatic nitrogens is 2. The van der Waals surface area contributed by atoms with Gasteiger partial charge in [0, 0.05) is 6.42 Å². The molecule has 19 heavy (non-hydrogen) atoms. The summed E-state index contributed by atoms with van der Waals surface area (Å²) >= 11 is 6.25. The van der Waals surface area contributed by atoms with E-state index in [2.05, 4.69) is 22.1 Å². The van der Waals surface area contributed by atoms with E-state index in [-0.39, 0.29) is 0 Å². The highest BCUT2D eigenvalue weighted by Crippen LogP contribution is 2.21. The van der Waals surface area contributed by atoms with Crippen molar-refractivity contribution in [1.29, 1.82) is 0 Å². The number of aryl methyl sites for hydroxylation is 1. The third kappa shape index (κ3) is 2.45. The molecule has 0 radical (unpaired) electrons. The summed E-state index contributed by atoms with van der Waals surface area (Å²) in [6, 6.07) is 16.2. The Morgan fingerprint density at radius 1 is 0.947 bits per heavy atom. The fourth-order valence-electron chi connectivity index (χ4n) is 2.14. The van der Waals surface area contributed by atoms with Gasteiger partial charge in [-0.25, -0.2) is 9.97 Å².